The Kier molecular flexibility index (Phi) is 1.81. The van der Waals surface area contributed by atoms with E-state index in [9.17, 15) is 4.79 Å². The Balaban J connectivity index is 2.80. The lowest BCUT2D eigenvalue weighted by Gasteiger charge is -2.23. The van der Waals surface area contributed by atoms with Gasteiger partial charge in [-0.05, 0) is 30.8 Å². The van der Waals surface area contributed by atoms with Crippen LogP contribution in [0.1, 0.15) is 6.92 Å². The topological polar surface area (TPSA) is 29.1 Å². The molecule has 1 heterocycles. The largest absolute Gasteiger partial charge is 0.375 e. The first-order chi connectivity index (χ1) is 4.65. The van der Waals surface area contributed by atoms with Crippen molar-refractivity contribution in [1.29, 1.82) is 0 Å². The summed E-state index contributed by atoms with van der Waals surface area (Å²) in [7, 11) is 0. The first kappa shape index (κ1) is 7.35. The zero-order valence-electron chi connectivity index (χ0n) is 5.60. The third kappa shape index (κ3) is 1.21. The Morgan fingerprint density at radius 2 is 2.30 bits per heavy atom. The molecule has 0 bridgehead atoms. The second kappa shape index (κ2) is 2.46. The van der Waals surface area contributed by atoms with Crippen LogP contribution in [0.5, 0.6) is 0 Å². The average Bonchev–Trinajstić information content (AvgIpc) is 1.89. The molecule has 3 heteroatoms. The van der Waals surface area contributed by atoms with E-state index in [-0.39, 0.29) is 0 Å². The van der Waals surface area contributed by atoms with Gasteiger partial charge in [-0.2, -0.15) is 0 Å². The molecule has 1 rings (SSSR count). The first-order valence-electron chi connectivity index (χ1n) is 2.97. The molecule has 1 aliphatic heterocycles. The van der Waals surface area contributed by atoms with E-state index in [0.29, 0.717) is 0 Å². The molecule has 0 amide bonds. The van der Waals surface area contributed by atoms with Crippen LogP contribution in [-0.4, -0.2) is 10.8 Å². The molecule has 0 aromatic carbocycles. The molecule has 1 unspecified atom stereocenters. The summed E-state index contributed by atoms with van der Waals surface area (Å²) in [5.41, 5.74) is -0.712. The van der Waals surface area contributed by atoms with Gasteiger partial charge in [0, 0.05) is 0 Å². The molecule has 0 radical (unpaired) electrons. The Morgan fingerprint density at radius 3 is 2.60 bits per heavy atom. The molecule has 1 aliphatic rings. The van der Waals surface area contributed by atoms with E-state index in [4.69, 9.17) is 11.6 Å². The van der Waals surface area contributed by atoms with Gasteiger partial charge < -0.3 is 5.32 Å². The lowest BCUT2D eigenvalue weighted by atomic mass is 10.0. The number of hydrogen-bond acceptors (Lipinski definition) is 2. The summed E-state index contributed by atoms with van der Waals surface area (Å²) in [5, 5.41) is 2.45. The van der Waals surface area contributed by atoms with E-state index in [1.165, 1.54) is 0 Å². The van der Waals surface area contributed by atoms with Crippen molar-refractivity contribution < 1.29 is 4.79 Å². The normalized spacial score (nSPS) is 29.8. The number of hydrogen-bond donors (Lipinski definition) is 1. The van der Waals surface area contributed by atoms with Crippen molar-refractivity contribution in [3.8, 4) is 0 Å². The van der Waals surface area contributed by atoms with E-state index >= 15 is 0 Å². The van der Waals surface area contributed by atoms with Crippen LogP contribution in [0.25, 0.3) is 0 Å². The quantitative estimate of drug-likeness (QED) is 0.580. The van der Waals surface area contributed by atoms with Crippen molar-refractivity contribution in [2.75, 3.05) is 0 Å². The summed E-state index contributed by atoms with van der Waals surface area (Å²) < 4.78 is 0. The number of rotatable bonds is 1. The standard InChI is InChI=1S/C7H8ClNO/c1-7(6(8)10)4-2-3-5-9-7/h2-5,9H,1H3. The second-order valence-corrected chi connectivity index (χ2v) is 2.68. The number of nitrogens with one attached hydrogen (secondary N) is 1. The number of carbonyl (C=O) groups is 1. The van der Waals surface area contributed by atoms with Gasteiger partial charge in [-0.3, -0.25) is 4.79 Å². The van der Waals surface area contributed by atoms with Crippen molar-refractivity contribution >= 4 is 16.8 Å². The average molecular weight is 158 g/mol. The fourth-order valence-corrected chi connectivity index (χ4v) is 0.813. The van der Waals surface area contributed by atoms with Crippen LogP contribution in [0.4, 0.5) is 0 Å². The maximum Gasteiger partial charge on any atom is 0.250 e. The van der Waals surface area contributed by atoms with Gasteiger partial charge in [-0.15, -0.1) is 0 Å². The van der Waals surface area contributed by atoms with Gasteiger partial charge in [-0.1, -0.05) is 12.2 Å². The highest BCUT2D eigenvalue weighted by Crippen LogP contribution is 2.12. The van der Waals surface area contributed by atoms with E-state index < -0.39 is 10.8 Å². The highest BCUT2D eigenvalue weighted by molar-refractivity contribution is 6.65. The van der Waals surface area contributed by atoms with Crippen molar-refractivity contribution in [3.63, 3.8) is 0 Å². The number of allylic oxidation sites excluding steroid dienone is 2. The van der Waals surface area contributed by atoms with Gasteiger partial charge in [0.15, 0.2) is 0 Å². The molecular weight excluding hydrogens is 150 g/mol. The minimum atomic E-state index is -0.712. The molecule has 0 spiro atoms. The number of halogens is 1. The molecule has 1 N–H and O–H groups in total. The summed E-state index contributed by atoms with van der Waals surface area (Å²) in [6, 6.07) is 0. The van der Waals surface area contributed by atoms with Crippen LogP contribution in [0.15, 0.2) is 24.4 Å². The zero-order chi connectivity index (χ0) is 7.61. The van der Waals surface area contributed by atoms with Crippen LogP contribution >= 0.6 is 11.6 Å². The fourth-order valence-electron chi connectivity index (χ4n) is 0.695. The van der Waals surface area contributed by atoms with Crippen molar-refractivity contribution in [2.24, 2.45) is 0 Å². The Bertz CT molecular complexity index is 210. The van der Waals surface area contributed by atoms with Gasteiger partial charge in [-0.25, -0.2) is 0 Å². The molecular formula is C7H8ClNO. The number of carbonyl (C=O) groups excluding carboxylic acids is 1. The summed E-state index contributed by atoms with van der Waals surface area (Å²) in [6.07, 6.45) is 7.01. The maximum absolute atomic E-state index is 10.7. The Hall–Kier alpha value is -0.760. The molecule has 0 saturated carbocycles. The zero-order valence-corrected chi connectivity index (χ0v) is 6.35. The first-order valence-corrected chi connectivity index (χ1v) is 3.35. The minimum Gasteiger partial charge on any atom is -0.375 e. The Labute approximate surface area is 64.6 Å². The van der Waals surface area contributed by atoms with Crippen LogP contribution in [0, 0.1) is 0 Å². The SMILES string of the molecule is CC1(C(=O)Cl)C=CC=CN1. The number of dihydropyridines is 1. The molecule has 0 saturated heterocycles. The van der Waals surface area contributed by atoms with Crippen LogP contribution < -0.4 is 5.32 Å². The highest BCUT2D eigenvalue weighted by Gasteiger charge is 2.27. The van der Waals surface area contributed by atoms with Crippen molar-refractivity contribution in [3.05, 3.63) is 24.4 Å². The van der Waals surface area contributed by atoms with Gasteiger partial charge in [0.25, 0.3) is 5.24 Å². The van der Waals surface area contributed by atoms with Gasteiger partial charge >= 0.3 is 0 Å². The van der Waals surface area contributed by atoms with Crippen molar-refractivity contribution in [2.45, 2.75) is 12.5 Å². The second-order valence-electron chi connectivity index (χ2n) is 2.34. The van der Waals surface area contributed by atoms with E-state index in [1.54, 1.807) is 25.3 Å². The Morgan fingerprint density at radius 1 is 1.60 bits per heavy atom. The maximum atomic E-state index is 10.7. The molecule has 2 nitrogen and oxygen atoms in total. The van der Waals surface area contributed by atoms with Gasteiger partial charge in [0.2, 0.25) is 0 Å². The van der Waals surface area contributed by atoms with Gasteiger partial charge in [0.05, 0.1) is 0 Å². The lowest BCUT2D eigenvalue weighted by molar-refractivity contribution is -0.115. The van der Waals surface area contributed by atoms with Gasteiger partial charge in [0.1, 0.15) is 5.54 Å². The van der Waals surface area contributed by atoms with Crippen LogP contribution in [0.3, 0.4) is 0 Å². The molecule has 0 fully saturated rings. The molecule has 0 aromatic rings. The fraction of sp³-hybridized carbons (Fsp3) is 0.286. The lowest BCUT2D eigenvalue weighted by Crippen LogP contribution is -2.43. The molecule has 0 aliphatic carbocycles. The summed E-state index contributed by atoms with van der Waals surface area (Å²) in [5.74, 6) is 0. The minimum absolute atomic E-state index is 0.395. The molecule has 10 heavy (non-hydrogen) atoms. The smallest absolute Gasteiger partial charge is 0.250 e. The van der Waals surface area contributed by atoms with Crippen LogP contribution in [0.2, 0.25) is 0 Å². The molecule has 54 valence electrons. The van der Waals surface area contributed by atoms with E-state index in [0.717, 1.165) is 0 Å². The highest BCUT2D eigenvalue weighted by atomic mass is 35.5. The third-order valence-corrected chi connectivity index (χ3v) is 1.82. The third-order valence-electron chi connectivity index (χ3n) is 1.43. The molecule has 0 aromatic heterocycles. The summed E-state index contributed by atoms with van der Waals surface area (Å²) in [4.78, 5) is 10.7. The van der Waals surface area contributed by atoms with Crippen LogP contribution in [-0.2, 0) is 4.79 Å². The summed E-state index contributed by atoms with van der Waals surface area (Å²) in [6.45, 7) is 1.72. The predicted molar refractivity (Wildman–Crippen MR) is 40.7 cm³/mol. The monoisotopic (exact) mass is 157 g/mol. The predicted octanol–water partition coefficient (Wildman–Crippen LogP) is 1.18. The van der Waals surface area contributed by atoms with E-state index in [1.807, 2.05) is 6.08 Å². The van der Waals surface area contributed by atoms with Crippen molar-refractivity contribution in [1.82, 2.24) is 5.32 Å². The summed E-state index contributed by atoms with van der Waals surface area (Å²) >= 11 is 5.31. The van der Waals surface area contributed by atoms with E-state index in [2.05, 4.69) is 5.32 Å². The molecule has 1 atom stereocenters.